The Morgan fingerprint density at radius 3 is 2.53 bits per heavy atom. The van der Waals surface area contributed by atoms with Crippen molar-refractivity contribution in [2.24, 2.45) is 7.05 Å². The summed E-state index contributed by atoms with van der Waals surface area (Å²) in [5.74, 6) is -0.277. The summed E-state index contributed by atoms with van der Waals surface area (Å²) in [6.45, 7) is 3.73. The Morgan fingerprint density at radius 2 is 2.00 bits per heavy atom. The van der Waals surface area contributed by atoms with E-state index in [0.717, 1.165) is 11.4 Å². The van der Waals surface area contributed by atoms with Gasteiger partial charge in [0.15, 0.2) is 0 Å². The van der Waals surface area contributed by atoms with E-state index < -0.39 is 0 Å². The Balaban J connectivity index is 2.31. The van der Waals surface area contributed by atoms with Crippen LogP contribution in [0.1, 0.15) is 21.7 Å². The maximum absolute atomic E-state index is 12.2. The van der Waals surface area contributed by atoms with Crippen molar-refractivity contribution in [3.63, 3.8) is 0 Å². The molecule has 1 amide bonds. The van der Waals surface area contributed by atoms with Crippen LogP contribution >= 0.6 is 23.2 Å². The van der Waals surface area contributed by atoms with Gasteiger partial charge in [-0.1, -0.05) is 23.2 Å². The lowest BCUT2D eigenvalue weighted by Crippen LogP contribution is -2.13. The van der Waals surface area contributed by atoms with Crippen LogP contribution < -0.4 is 5.32 Å². The van der Waals surface area contributed by atoms with Crippen molar-refractivity contribution in [1.82, 2.24) is 9.78 Å². The molecule has 2 aromatic rings. The molecule has 1 heterocycles. The molecule has 0 aliphatic carbocycles. The predicted octanol–water partition coefficient (Wildman–Crippen LogP) is 3.60. The molecule has 1 aromatic carbocycles. The van der Waals surface area contributed by atoms with Gasteiger partial charge in [-0.15, -0.1) is 0 Å². The molecule has 0 atom stereocenters. The van der Waals surface area contributed by atoms with Crippen LogP contribution in [0.3, 0.4) is 0 Å². The summed E-state index contributed by atoms with van der Waals surface area (Å²) >= 11 is 11.8. The van der Waals surface area contributed by atoms with E-state index in [1.807, 2.05) is 20.9 Å². The van der Waals surface area contributed by atoms with E-state index >= 15 is 0 Å². The Kier molecular flexibility index (Phi) is 3.83. The first kappa shape index (κ1) is 13.9. The first-order valence-electron chi connectivity index (χ1n) is 5.66. The number of nitrogens with zero attached hydrogens (tertiary/aromatic N) is 2. The highest BCUT2D eigenvalue weighted by Gasteiger charge is 2.15. The van der Waals surface area contributed by atoms with Gasteiger partial charge in [-0.25, -0.2) is 0 Å². The van der Waals surface area contributed by atoms with Crippen LogP contribution in [-0.2, 0) is 7.05 Å². The minimum Gasteiger partial charge on any atom is -0.319 e. The van der Waals surface area contributed by atoms with Crippen molar-refractivity contribution in [1.29, 1.82) is 0 Å². The number of hydrogen-bond donors (Lipinski definition) is 1. The number of halogens is 2. The second-order valence-corrected chi connectivity index (χ2v) is 5.09. The van der Waals surface area contributed by atoms with Gasteiger partial charge in [-0.3, -0.25) is 9.48 Å². The molecule has 19 heavy (non-hydrogen) atoms. The monoisotopic (exact) mass is 297 g/mol. The van der Waals surface area contributed by atoms with Crippen LogP contribution in [-0.4, -0.2) is 15.7 Å². The molecule has 4 nitrogen and oxygen atoms in total. The number of carbonyl (C=O) groups is 1. The first-order chi connectivity index (χ1) is 8.90. The van der Waals surface area contributed by atoms with E-state index in [-0.39, 0.29) is 5.91 Å². The lowest BCUT2D eigenvalue weighted by atomic mass is 10.2. The normalized spacial score (nSPS) is 10.6. The Labute approximate surface area is 121 Å². The van der Waals surface area contributed by atoms with Crippen molar-refractivity contribution in [3.8, 4) is 0 Å². The molecule has 6 heteroatoms. The molecule has 0 fully saturated rings. The molecule has 2 rings (SSSR count). The second-order valence-electron chi connectivity index (χ2n) is 4.25. The fourth-order valence-electron chi connectivity index (χ4n) is 1.81. The van der Waals surface area contributed by atoms with Gasteiger partial charge in [0, 0.05) is 12.1 Å². The first-order valence-corrected chi connectivity index (χ1v) is 6.42. The van der Waals surface area contributed by atoms with Crippen LogP contribution in [0, 0.1) is 13.8 Å². The molecule has 1 N–H and O–H groups in total. The third-order valence-corrected chi connectivity index (χ3v) is 3.47. The smallest absolute Gasteiger partial charge is 0.257 e. The third-order valence-electron chi connectivity index (χ3n) is 2.92. The molecule has 0 unspecified atom stereocenters. The summed E-state index contributed by atoms with van der Waals surface area (Å²) < 4.78 is 1.72. The number of amides is 1. The summed E-state index contributed by atoms with van der Waals surface area (Å²) in [6.07, 6.45) is 0. The Bertz CT molecular complexity index is 650. The summed E-state index contributed by atoms with van der Waals surface area (Å²) in [6, 6.07) is 4.77. The predicted molar refractivity (Wildman–Crippen MR) is 77.1 cm³/mol. The molecule has 0 saturated heterocycles. The van der Waals surface area contributed by atoms with Gasteiger partial charge in [-0.05, 0) is 32.0 Å². The van der Waals surface area contributed by atoms with Gasteiger partial charge in [0.2, 0.25) is 0 Å². The van der Waals surface area contributed by atoms with Crippen LogP contribution in [0.25, 0.3) is 0 Å². The zero-order valence-electron chi connectivity index (χ0n) is 10.8. The molecule has 100 valence electrons. The minimum atomic E-state index is -0.277. The number of rotatable bonds is 2. The molecule has 0 saturated carbocycles. The summed E-state index contributed by atoms with van der Waals surface area (Å²) in [4.78, 5) is 12.2. The molecule has 1 aromatic heterocycles. The fourth-order valence-corrected chi connectivity index (χ4v) is 2.30. The van der Waals surface area contributed by atoms with E-state index in [9.17, 15) is 4.79 Å². The van der Waals surface area contributed by atoms with E-state index in [1.165, 1.54) is 0 Å². The Morgan fingerprint density at radius 1 is 1.32 bits per heavy atom. The zero-order chi connectivity index (χ0) is 14.2. The highest BCUT2D eigenvalue weighted by Crippen LogP contribution is 2.24. The van der Waals surface area contributed by atoms with Crippen molar-refractivity contribution in [2.75, 3.05) is 5.32 Å². The number of aromatic nitrogens is 2. The maximum atomic E-state index is 12.2. The van der Waals surface area contributed by atoms with Crippen molar-refractivity contribution >= 4 is 34.8 Å². The summed E-state index contributed by atoms with van der Waals surface area (Å²) in [5.41, 5.74) is 2.74. The van der Waals surface area contributed by atoms with E-state index in [0.29, 0.717) is 21.3 Å². The van der Waals surface area contributed by atoms with Gasteiger partial charge >= 0.3 is 0 Å². The van der Waals surface area contributed by atoms with Gasteiger partial charge in [0.1, 0.15) is 0 Å². The van der Waals surface area contributed by atoms with Crippen LogP contribution in [0.2, 0.25) is 10.0 Å². The number of hydrogen-bond acceptors (Lipinski definition) is 2. The van der Waals surface area contributed by atoms with Crippen LogP contribution in [0.5, 0.6) is 0 Å². The second kappa shape index (κ2) is 5.23. The van der Waals surface area contributed by atoms with Crippen molar-refractivity contribution < 1.29 is 4.79 Å². The van der Waals surface area contributed by atoms with Gasteiger partial charge in [0.25, 0.3) is 5.91 Å². The molecule has 0 aliphatic heterocycles. The van der Waals surface area contributed by atoms with E-state index in [1.54, 1.807) is 22.9 Å². The minimum absolute atomic E-state index is 0.277. The average Bonchev–Trinajstić information content (AvgIpc) is 2.56. The molecular weight excluding hydrogens is 285 g/mol. The number of anilines is 1. The fraction of sp³-hybridized carbons (Fsp3) is 0.231. The highest BCUT2D eigenvalue weighted by atomic mass is 35.5. The number of aryl methyl sites for hydroxylation is 2. The standard InChI is InChI=1S/C13H13Cl2N3O/c1-7-12(8(2)18(3)17-7)16-13(19)10-5-4-9(14)6-11(10)15/h4-6H,1-3H3,(H,16,19). The van der Waals surface area contributed by atoms with Gasteiger partial charge < -0.3 is 5.32 Å². The SMILES string of the molecule is Cc1nn(C)c(C)c1NC(=O)c1ccc(Cl)cc1Cl. The van der Waals surface area contributed by atoms with E-state index in [4.69, 9.17) is 23.2 Å². The molecule has 0 aliphatic rings. The van der Waals surface area contributed by atoms with Crippen molar-refractivity contribution in [2.45, 2.75) is 13.8 Å². The maximum Gasteiger partial charge on any atom is 0.257 e. The van der Waals surface area contributed by atoms with Crippen LogP contribution in [0.4, 0.5) is 5.69 Å². The van der Waals surface area contributed by atoms with Gasteiger partial charge in [0.05, 0.1) is 27.7 Å². The number of benzene rings is 1. The molecule has 0 spiro atoms. The van der Waals surface area contributed by atoms with Gasteiger partial charge in [-0.2, -0.15) is 5.10 Å². The van der Waals surface area contributed by atoms with Crippen LogP contribution in [0.15, 0.2) is 18.2 Å². The lowest BCUT2D eigenvalue weighted by Gasteiger charge is -2.07. The zero-order valence-corrected chi connectivity index (χ0v) is 12.3. The summed E-state index contributed by atoms with van der Waals surface area (Å²) in [7, 11) is 1.83. The quantitative estimate of drug-likeness (QED) is 0.921. The topological polar surface area (TPSA) is 46.9 Å². The molecular formula is C13H13Cl2N3O. The molecule has 0 radical (unpaired) electrons. The summed E-state index contributed by atoms with van der Waals surface area (Å²) in [5, 5.41) is 7.89. The Hall–Kier alpha value is -1.52. The average molecular weight is 298 g/mol. The van der Waals surface area contributed by atoms with E-state index in [2.05, 4.69) is 10.4 Å². The third kappa shape index (κ3) is 2.74. The number of nitrogens with one attached hydrogen (secondary N) is 1. The lowest BCUT2D eigenvalue weighted by molar-refractivity contribution is 0.102. The number of carbonyl (C=O) groups excluding carboxylic acids is 1. The van der Waals surface area contributed by atoms with Crippen molar-refractivity contribution in [3.05, 3.63) is 45.2 Å². The largest absolute Gasteiger partial charge is 0.319 e. The highest BCUT2D eigenvalue weighted by molar-refractivity contribution is 6.37. The molecule has 0 bridgehead atoms.